The first-order valence-electron chi connectivity index (χ1n) is 6.45. The second kappa shape index (κ2) is 6.50. The van der Waals surface area contributed by atoms with Crippen molar-refractivity contribution in [3.63, 3.8) is 0 Å². The Bertz CT molecular complexity index is 464. The lowest BCUT2D eigenvalue weighted by atomic mass is 10.1. The first-order valence-corrected chi connectivity index (χ1v) is 7.24. The van der Waals surface area contributed by atoms with E-state index in [4.69, 9.17) is 10.2 Å². The van der Waals surface area contributed by atoms with E-state index in [1.807, 2.05) is 6.07 Å². The van der Waals surface area contributed by atoms with E-state index < -0.39 is 5.97 Å². The van der Waals surface area contributed by atoms with Gasteiger partial charge in [0, 0.05) is 24.2 Å². The van der Waals surface area contributed by atoms with Crippen molar-refractivity contribution < 1.29 is 15.0 Å². The van der Waals surface area contributed by atoms with E-state index >= 15 is 0 Å². The molecule has 0 aromatic heterocycles. The molecule has 1 unspecified atom stereocenters. The maximum absolute atomic E-state index is 10.9. The first-order chi connectivity index (χ1) is 9.10. The molecule has 2 N–H and O–H groups in total. The van der Waals surface area contributed by atoms with Gasteiger partial charge in [-0.3, -0.25) is 4.90 Å². The highest BCUT2D eigenvalue weighted by Gasteiger charge is 2.22. The van der Waals surface area contributed by atoms with Gasteiger partial charge in [0.1, 0.15) is 0 Å². The van der Waals surface area contributed by atoms with Gasteiger partial charge in [-0.15, -0.1) is 0 Å². The highest BCUT2D eigenvalue weighted by atomic mass is 79.9. The fourth-order valence-electron chi connectivity index (χ4n) is 2.52. The molecule has 1 aromatic carbocycles. The summed E-state index contributed by atoms with van der Waals surface area (Å²) < 4.78 is 0.845. The van der Waals surface area contributed by atoms with Crippen LogP contribution in [0, 0.1) is 5.92 Å². The summed E-state index contributed by atoms with van der Waals surface area (Å²) in [5, 5.41) is 17.9. The maximum atomic E-state index is 10.9. The maximum Gasteiger partial charge on any atom is 0.335 e. The molecule has 1 aliphatic heterocycles. The van der Waals surface area contributed by atoms with Gasteiger partial charge in [-0.25, -0.2) is 4.79 Å². The zero-order chi connectivity index (χ0) is 13.8. The number of carbonyl (C=O) groups is 1. The summed E-state index contributed by atoms with van der Waals surface area (Å²) in [6, 6.07) is 5.16. The van der Waals surface area contributed by atoms with Gasteiger partial charge in [0.2, 0.25) is 0 Å². The van der Waals surface area contributed by atoms with E-state index in [1.54, 1.807) is 12.1 Å². The molecule has 104 valence electrons. The Morgan fingerprint density at radius 2 is 2.26 bits per heavy atom. The molecule has 19 heavy (non-hydrogen) atoms. The van der Waals surface area contributed by atoms with Crippen molar-refractivity contribution in [1.29, 1.82) is 0 Å². The van der Waals surface area contributed by atoms with Gasteiger partial charge in [-0.05, 0) is 43.0 Å². The van der Waals surface area contributed by atoms with Crippen LogP contribution >= 0.6 is 15.9 Å². The highest BCUT2D eigenvalue weighted by molar-refractivity contribution is 9.10. The van der Waals surface area contributed by atoms with Crippen LogP contribution in [-0.2, 0) is 6.54 Å². The molecule has 5 heteroatoms. The Hall–Kier alpha value is -0.910. The quantitative estimate of drug-likeness (QED) is 0.871. The van der Waals surface area contributed by atoms with Crippen LogP contribution in [-0.4, -0.2) is 40.8 Å². The van der Waals surface area contributed by atoms with Crippen LogP contribution in [0.5, 0.6) is 0 Å². The van der Waals surface area contributed by atoms with E-state index in [9.17, 15) is 4.79 Å². The van der Waals surface area contributed by atoms with E-state index in [-0.39, 0.29) is 6.61 Å². The van der Waals surface area contributed by atoms with E-state index in [0.717, 1.165) is 42.5 Å². The minimum atomic E-state index is -0.906. The molecule has 1 aromatic rings. The molecule has 0 radical (unpaired) electrons. The molecule has 4 nitrogen and oxygen atoms in total. The number of aliphatic hydroxyl groups excluding tert-OH is 1. The van der Waals surface area contributed by atoms with Crippen molar-refractivity contribution in [2.24, 2.45) is 5.92 Å². The molecule has 0 aliphatic carbocycles. The third-order valence-electron chi connectivity index (χ3n) is 3.60. The molecule has 0 saturated carbocycles. The monoisotopic (exact) mass is 327 g/mol. The van der Waals surface area contributed by atoms with Crippen molar-refractivity contribution in [3.05, 3.63) is 33.8 Å². The Morgan fingerprint density at radius 1 is 1.47 bits per heavy atom. The smallest absolute Gasteiger partial charge is 0.335 e. The molecule has 1 aliphatic rings. The minimum Gasteiger partial charge on any atom is -0.478 e. The normalized spacial score (nSPS) is 19.8. The number of carboxylic acid groups (broad SMARTS) is 1. The number of nitrogens with zero attached hydrogens (tertiary/aromatic N) is 1. The number of aliphatic hydroxyl groups is 1. The van der Waals surface area contributed by atoms with E-state index in [2.05, 4.69) is 20.8 Å². The summed E-state index contributed by atoms with van der Waals surface area (Å²) in [5.41, 5.74) is 1.41. The van der Waals surface area contributed by atoms with Crippen LogP contribution in [0.25, 0.3) is 0 Å². The fourth-order valence-corrected chi connectivity index (χ4v) is 3.03. The number of rotatable bonds is 5. The summed E-state index contributed by atoms with van der Waals surface area (Å²) in [6.07, 6.45) is 2.00. The molecule has 1 saturated heterocycles. The SMILES string of the molecule is O=C(O)c1ccc(CN2CCC(CCO)C2)c(Br)c1. The van der Waals surface area contributed by atoms with Crippen molar-refractivity contribution in [2.45, 2.75) is 19.4 Å². The predicted octanol–water partition coefficient (Wildman–Crippen LogP) is 2.35. The average Bonchev–Trinajstić information content (AvgIpc) is 2.79. The van der Waals surface area contributed by atoms with Crippen LogP contribution in [0.15, 0.2) is 22.7 Å². The van der Waals surface area contributed by atoms with Gasteiger partial charge in [0.05, 0.1) is 5.56 Å². The average molecular weight is 328 g/mol. The van der Waals surface area contributed by atoms with Gasteiger partial charge in [0.25, 0.3) is 0 Å². The number of aromatic carboxylic acids is 1. The van der Waals surface area contributed by atoms with Gasteiger partial charge in [-0.1, -0.05) is 22.0 Å². The molecule has 0 spiro atoms. The van der Waals surface area contributed by atoms with Gasteiger partial charge in [-0.2, -0.15) is 0 Å². The largest absolute Gasteiger partial charge is 0.478 e. The van der Waals surface area contributed by atoms with Gasteiger partial charge >= 0.3 is 5.97 Å². The summed E-state index contributed by atoms with van der Waals surface area (Å²) in [5.74, 6) is -0.321. The summed E-state index contributed by atoms with van der Waals surface area (Å²) in [4.78, 5) is 13.2. The van der Waals surface area contributed by atoms with E-state index in [0.29, 0.717) is 11.5 Å². The Morgan fingerprint density at radius 3 is 2.89 bits per heavy atom. The van der Waals surface area contributed by atoms with Crippen molar-refractivity contribution in [1.82, 2.24) is 4.90 Å². The number of hydrogen-bond donors (Lipinski definition) is 2. The topological polar surface area (TPSA) is 60.8 Å². The van der Waals surface area contributed by atoms with Gasteiger partial charge in [0.15, 0.2) is 0 Å². The molecule has 1 atom stereocenters. The standard InChI is InChI=1S/C14H18BrNO3/c15-13-7-11(14(18)19)1-2-12(13)9-16-5-3-10(8-16)4-6-17/h1-2,7,10,17H,3-6,8-9H2,(H,18,19). The predicted molar refractivity (Wildman–Crippen MR) is 76.2 cm³/mol. The second-order valence-electron chi connectivity index (χ2n) is 5.01. The third kappa shape index (κ3) is 3.78. The Balaban J connectivity index is 1.98. The van der Waals surface area contributed by atoms with E-state index in [1.165, 1.54) is 0 Å². The molecule has 0 bridgehead atoms. The minimum absolute atomic E-state index is 0.259. The van der Waals surface area contributed by atoms with Crippen molar-refractivity contribution in [3.8, 4) is 0 Å². The van der Waals surface area contributed by atoms with Crippen LogP contribution < -0.4 is 0 Å². The summed E-state index contributed by atoms with van der Waals surface area (Å²) >= 11 is 3.44. The zero-order valence-corrected chi connectivity index (χ0v) is 12.3. The number of hydrogen-bond acceptors (Lipinski definition) is 3. The Labute approximate surface area is 121 Å². The van der Waals surface area contributed by atoms with Crippen LogP contribution in [0.4, 0.5) is 0 Å². The molecule has 2 rings (SSSR count). The molecule has 1 heterocycles. The summed E-state index contributed by atoms with van der Waals surface area (Å²) in [7, 11) is 0. The number of halogens is 1. The number of likely N-dealkylation sites (tertiary alicyclic amines) is 1. The molecule has 1 fully saturated rings. The molecule has 0 amide bonds. The fraction of sp³-hybridized carbons (Fsp3) is 0.500. The van der Waals surface area contributed by atoms with Crippen LogP contribution in [0.3, 0.4) is 0 Å². The lowest BCUT2D eigenvalue weighted by Gasteiger charge is -2.17. The zero-order valence-electron chi connectivity index (χ0n) is 10.7. The number of carboxylic acids is 1. The van der Waals surface area contributed by atoms with Crippen molar-refractivity contribution >= 4 is 21.9 Å². The van der Waals surface area contributed by atoms with Gasteiger partial charge < -0.3 is 10.2 Å². The highest BCUT2D eigenvalue weighted by Crippen LogP contribution is 2.25. The third-order valence-corrected chi connectivity index (χ3v) is 4.34. The first kappa shape index (κ1) is 14.5. The number of benzene rings is 1. The van der Waals surface area contributed by atoms with Crippen molar-refractivity contribution in [2.75, 3.05) is 19.7 Å². The molecular formula is C14H18BrNO3. The summed E-state index contributed by atoms with van der Waals surface area (Å²) in [6.45, 7) is 3.13. The van der Waals surface area contributed by atoms with Crippen LogP contribution in [0.2, 0.25) is 0 Å². The Kier molecular flexibility index (Phi) is 4.96. The molecular weight excluding hydrogens is 310 g/mol. The lowest BCUT2D eigenvalue weighted by molar-refractivity contribution is 0.0697. The van der Waals surface area contributed by atoms with Crippen LogP contribution in [0.1, 0.15) is 28.8 Å². The lowest BCUT2D eigenvalue weighted by Crippen LogP contribution is -2.20. The second-order valence-corrected chi connectivity index (χ2v) is 5.87.